The zero-order valence-electron chi connectivity index (χ0n) is 19.6. The molecular formula is C24H39NO7. The third-order valence-electron chi connectivity index (χ3n) is 11.3. The SMILES string of the molecule is CCN1C[C@]2(COC)[C@H](O)CC[C@@]34[C@@H]5C[C@]6(O)[C@@H](OC)C[C@](O)([C@H]([C@H](OC)[C@H]23)[C@@H]14)[C@H]5[C@H]6O. The summed E-state index contributed by atoms with van der Waals surface area (Å²) in [7, 11) is 4.97. The Kier molecular flexibility index (Phi) is 4.62. The van der Waals surface area contributed by atoms with Gasteiger partial charge < -0.3 is 34.6 Å². The van der Waals surface area contributed by atoms with Crippen molar-refractivity contribution in [3.05, 3.63) is 0 Å². The van der Waals surface area contributed by atoms with Gasteiger partial charge in [-0.05, 0) is 37.1 Å². The van der Waals surface area contributed by atoms with Gasteiger partial charge in [0.1, 0.15) is 5.60 Å². The molecule has 0 aromatic heterocycles. The maximum Gasteiger partial charge on any atom is 0.117 e. The first-order valence-electron chi connectivity index (χ1n) is 12.3. The van der Waals surface area contributed by atoms with E-state index in [9.17, 15) is 20.4 Å². The van der Waals surface area contributed by atoms with Crippen molar-refractivity contribution in [2.45, 2.75) is 74.3 Å². The summed E-state index contributed by atoms with van der Waals surface area (Å²) < 4.78 is 17.7. The van der Waals surface area contributed by atoms with Crippen LogP contribution in [0, 0.1) is 34.5 Å². The van der Waals surface area contributed by atoms with E-state index in [0.717, 1.165) is 13.0 Å². The maximum atomic E-state index is 12.5. The van der Waals surface area contributed by atoms with Crippen molar-refractivity contribution in [1.82, 2.24) is 4.90 Å². The van der Waals surface area contributed by atoms with Crippen molar-refractivity contribution in [3.8, 4) is 0 Å². The molecule has 0 amide bonds. The van der Waals surface area contributed by atoms with E-state index in [-0.39, 0.29) is 35.3 Å². The molecule has 4 N–H and O–H groups in total. The summed E-state index contributed by atoms with van der Waals surface area (Å²) in [4.78, 5) is 2.44. The van der Waals surface area contributed by atoms with Crippen molar-refractivity contribution in [2.24, 2.45) is 34.5 Å². The lowest BCUT2D eigenvalue weighted by Gasteiger charge is -2.68. The van der Waals surface area contributed by atoms with Gasteiger partial charge in [0.25, 0.3) is 0 Å². The van der Waals surface area contributed by atoms with E-state index in [1.807, 2.05) is 0 Å². The van der Waals surface area contributed by atoms with Gasteiger partial charge in [-0.25, -0.2) is 0 Å². The van der Waals surface area contributed by atoms with Gasteiger partial charge in [0, 0.05) is 63.5 Å². The molecule has 1 spiro atoms. The summed E-state index contributed by atoms with van der Waals surface area (Å²) >= 11 is 0. The molecule has 7 bridgehead atoms. The number of fused-ring (bicyclic) bond motifs is 2. The number of methoxy groups -OCH3 is 3. The van der Waals surface area contributed by atoms with E-state index in [1.54, 1.807) is 21.3 Å². The number of aliphatic hydroxyl groups is 4. The molecule has 0 unspecified atom stereocenters. The van der Waals surface area contributed by atoms with Gasteiger partial charge in [0.05, 0.1) is 36.6 Å². The number of rotatable bonds is 5. The third kappa shape index (κ3) is 2.07. The van der Waals surface area contributed by atoms with Gasteiger partial charge >= 0.3 is 0 Å². The second-order valence-corrected chi connectivity index (χ2v) is 11.7. The average molecular weight is 454 g/mol. The first-order chi connectivity index (χ1) is 15.2. The van der Waals surface area contributed by atoms with Gasteiger partial charge in [-0.3, -0.25) is 4.90 Å². The summed E-state index contributed by atoms with van der Waals surface area (Å²) in [5.74, 6) is -0.721. The standard InChI is InChI=1S/C24H39NO7/c1-5-25-10-21(11-30-2)13(26)6-7-22-12-8-23(28)14(31-3)9-24(29,15(12)20(23)27)16(19(22)25)17(32-4)18(21)22/h12-20,26-29H,5-11H2,1-4H3/t12-,13-,14+,15-,16-,17+,18-,19-,20-,21+,22-,23+,24-/m1/s1. The minimum Gasteiger partial charge on any atom is -0.392 e. The van der Waals surface area contributed by atoms with Crippen LogP contribution >= 0.6 is 0 Å². The van der Waals surface area contributed by atoms with Crippen molar-refractivity contribution in [3.63, 3.8) is 0 Å². The van der Waals surface area contributed by atoms with E-state index in [0.29, 0.717) is 32.4 Å². The molecule has 6 fully saturated rings. The normalized spacial score (nSPS) is 62.4. The van der Waals surface area contributed by atoms with Crippen LogP contribution < -0.4 is 0 Å². The van der Waals surface area contributed by atoms with E-state index >= 15 is 0 Å². The first-order valence-corrected chi connectivity index (χ1v) is 12.3. The van der Waals surface area contributed by atoms with Crippen LogP contribution in [0.5, 0.6) is 0 Å². The maximum absolute atomic E-state index is 12.5. The molecule has 0 aromatic carbocycles. The van der Waals surface area contributed by atoms with Gasteiger partial charge in [-0.1, -0.05) is 6.92 Å². The Hall–Kier alpha value is -0.320. The van der Waals surface area contributed by atoms with Crippen molar-refractivity contribution in [1.29, 1.82) is 0 Å². The lowest BCUT2D eigenvalue weighted by molar-refractivity contribution is -0.272. The van der Waals surface area contributed by atoms with Gasteiger partial charge in [0.15, 0.2) is 0 Å². The Balaban J connectivity index is 1.62. The largest absolute Gasteiger partial charge is 0.392 e. The number of piperidine rings is 1. The Bertz CT molecular complexity index is 798. The summed E-state index contributed by atoms with van der Waals surface area (Å²) in [5.41, 5.74) is -3.33. The van der Waals surface area contributed by atoms with Crippen LogP contribution in [-0.4, -0.2) is 108 Å². The smallest absolute Gasteiger partial charge is 0.117 e. The molecular weight excluding hydrogens is 414 g/mol. The quantitative estimate of drug-likeness (QED) is 0.446. The molecule has 6 rings (SSSR count). The van der Waals surface area contributed by atoms with Gasteiger partial charge in [-0.2, -0.15) is 0 Å². The van der Waals surface area contributed by atoms with Crippen LogP contribution in [0.3, 0.4) is 0 Å². The molecule has 8 heteroatoms. The fraction of sp³-hybridized carbons (Fsp3) is 1.00. The first kappa shape index (κ1) is 22.2. The van der Waals surface area contributed by atoms with Gasteiger partial charge in [0.2, 0.25) is 0 Å². The summed E-state index contributed by atoms with van der Waals surface area (Å²) in [6.45, 7) is 4.08. The highest BCUT2D eigenvalue weighted by atomic mass is 16.5. The molecule has 182 valence electrons. The molecule has 1 heterocycles. The van der Waals surface area contributed by atoms with E-state index in [4.69, 9.17) is 14.2 Å². The third-order valence-corrected chi connectivity index (χ3v) is 11.3. The second-order valence-electron chi connectivity index (χ2n) is 11.7. The van der Waals surface area contributed by atoms with Crippen molar-refractivity contribution < 1.29 is 34.6 Å². The Morgan fingerprint density at radius 3 is 2.38 bits per heavy atom. The monoisotopic (exact) mass is 453 g/mol. The van der Waals surface area contributed by atoms with Crippen LogP contribution in [0.25, 0.3) is 0 Å². The Morgan fingerprint density at radius 1 is 1.00 bits per heavy atom. The Morgan fingerprint density at radius 2 is 1.75 bits per heavy atom. The number of likely N-dealkylation sites (tertiary alicyclic amines) is 1. The lowest BCUT2D eigenvalue weighted by atomic mass is 9.43. The number of ether oxygens (including phenoxy) is 3. The van der Waals surface area contributed by atoms with Crippen molar-refractivity contribution >= 4 is 0 Å². The predicted octanol–water partition coefficient (Wildman–Crippen LogP) is -0.383. The zero-order chi connectivity index (χ0) is 22.8. The fourth-order valence-electron chi connectivity index (χ4n) is 10.6. The van der Waals surface area contributed by atoms with Crippen LogP contribution in [-0.2, 0) is 14.2 Å². The minimum absolute atomic E-state index is 0.00308. The lowest BCUT2D eigenvalue weighted by Crippen LogP contribution is -2.75. The average Bonchev–Trinajstić information content (AvgIpc) is 3.12. The van der Waals surface area contributed by atoms with Crippen LogP contribution in [0.15, 0.2) is 0 Å². The predicted molar refractivity (Wildman–Crippen MR) is 114 cm³/mol. The van der Waals surface area contributed by atoms with Crippen LogP contribution in [0.2, 0.25) is 0 Å². The Labute approximate surface area is 189 Å². The zero-order valence-corrected chi connectivity index (χ0v) is 19.6. The molecule has 1 saturated heterocycles. The molecule has 5 saturated carbocycles. The number of nitrogens with zero attached hydrogens (tertiary/aromatic N) is 1. The number of aliphatic hydroxyl groups excluding tert-OH is 2. The molecule has 13 atom stereocenters. The van der Waals surface area contributed by atoms with Crippen LogP contribution in [0.1, 0.15) is 32.6 Å². The van der Waals surface area contributed by atoms with E-state index < -0.39 is 40.8 Å². The van der Waals surface area contributed by atoms with Crippen molar-refractivity contribution in [2.75, 3.05) is 41.0 Å². The summed E-state index contributed by atoms with van der Waals surface area (Å²) in [6.07, 6.45) is -0.257. The summed E-state index contributed by atoms with van der Waals surface area (Å²) in [6, 6.07) is 0.0799. The highest BCUT2D eigenvalue weighted by molar-refractivity contribution is 5.36. The molecule has 32 heavy (non-hydrogen) atoms. The van der Waals surface area contributed by atoms with E-state index in [2.05, 4.69) is 11.8 Å². The molecule has 0 radical (unpaired) electrons. The molecule has 0 aromatic rings. The number of hydrogen-bond acceptors (Lipinski definition) is 8. The van der Waals surface area contributed by atoms with Crippen LogP contribution in [0.4, 0.5) is 0 Å². The highest BCUT2D eigenvalue weighted by Gasteiger charge is 2.87. The molecule has 8 nitrogen and oxygen atoms in total. The fourth-order valence-corrected chi connectivity index (χ4v) is 10.6. The number of hydrogen-bond donors (Lipinski definition) is 4. The second kappa shape index (κ2) is 6.66. The topological polar surface area (TPSA) is 112 Å². The highest BCUT2D eigenvalue weighted by Crippen LogP contribution is 2.79. The molecule has 5 aliphatic carbocycles. The summed E-state index contributed by atoms with van der Waals surface area (Å²) in [5, 5.41) is 47.0. The van der Waals surface area contributed by atoms with E-state index in [1.165, 1.54) is 0 Å². The molecule has 1 aliphatic heterocycles. The van der Waals surface area contributed by atoms with Gasteiger partial charge in [-0.15, -0.1) is 0 Å². The minimum atomic E-state index is -1.36. The molecule has 6 aliphatic rings.